The standard InChI is InChI=1S/C15H15ClF3N5/c1-7-10(16)11-12(22-7)13(24-4-2-8(21)3-5-24)9(6-20)14(23-11)15(17,18)19/h8,22H,2-5,21H2,1H3. The molecule has 0 unspecified atom stereocenters. The molecule has 3 rings (SSSR count). The molecule has 128 valence electrons. The molecule has 0 aromatic carbocycles. The number of piperidine rings is 1. The Morgan fingerprint density at radius 2 is 2.00 bits per heavy atom. The molecule has 3 N–H and O–H groups in total. The van der Waals surface area contributed by atoms with Crippen molar-refractivity contribution in [2.45, 2.75) is 32.0 Å². The molecule has 0 saturated carbocycles. The number of hydrogen-bond acceptors (Lipinski definition) is 4. The third-order valence-corrected chi connectivity index (χ3v) is 4.72. The normalized spacial score (nSPS) is 16.6. The van der Waals surface area contributed by atoms with Gasteiger partial charge in [0.2, 0.25) is 0 Å². The van der Waals surface area contributed by atoms with Gasteiger partial charge < -0.3 is 15.6 Å². The fourth-order valence-electron chi connectivity index (χ4n) is 3.02. The van der Waals surface area contributed by atoms with Crippen molar-refractivity contribution in [2.75, 3.05) is 18.0 Å². The molecular formula is C15H15ClF3N5. The molecule has 3 heterocycles. The number of nitrogens with one attached hydrogen (secondary N) is 1. The average molecular weight is 358 g/mol. The predicted octanol–water partition coefficient (Wildman–Crippen LogP) is 3.34. The van der Waals surface area contributed by atoms with Crippen molar-refractivity contribution in [1.29, 1.82) is 5.26 Å². The Morgan fingerprint density at radius 3 is 2.54 bits per heavy atom. The highest BCUT2D eigenvalue weighted by Gasteiger charge is 2.39. The number of aromatic amines is 1. The SMILES string of the molecule is Cc1[nH]c2c(N3CCC(N)CC3)c(C#N)c(C(F)(F)F)nc2c1Cl. The van der Waals surface area contributed by atoms with Crippen LogP contribution in [-0.4, -0.2) is 29.1 Å². The van der Waals surface area contributed by atoms with E-state index in [1.54, 1.807) is 17.9 Å². The van der Waals surface area contributed by atoms with Crippen LogP contribution in [0.1, 0.15) is 29.8 Å². The molecular weight excluding hydrogens is 343 g/mol. The van der Waals surface area contributed by atoms with E-state index < -0.39 is 17.4 Å². The number of nitriles is 1. The quantitative estimate of drug-likeness (QED) is 0.820. The molecule has 0 atom stereocenters. The number of H-pyrrole nitrogens is 1. The fourth-order valence-corrected chi connectivity index (χ4v) is 3.20. The molecule has 1 aliphatic rings. The molecule has 1 aliphatic heterocycles. The van der Waals surface area contributed by atoms with Gasteiger partial charge >= 0.3 is 6.18 Å². The minimum absolute atomic E-state index is 0.0140. The number of anilines is 1. The molecule has 0 amide bonds. The Kier molecular flexibility index (Phi) is 4.10. The lowest BCUT2D eigenvalue weighted by atomic mass is 10.0. The summed E-state index contributed by atoms with van der Waals surface area (Å²) in [6.07, 6.45) is -3.46. The van der Waals surface area contributed by atoms with E-state index in [0.29, 0.717) is 37.1 Å². The highest BCUT2D eigenvalue weighted by atomic mass is 35.5. The van der Waals surface area contributed by atoms with Gasteiger partial charge in [-0.1, -0.05) is 11.6 Å². The molecule has 2 aromatic heterocycles. The number of rotatable bonds is 1. The van der Waals surface area contributed by atoms with E-state index >= 15 is 0 Å². The predicted molar refractivity (Wildman–Crippen MR) is 85.0 cm³/mol. The molecule has 24 heavy (non-hydrogen) atoms. The first-order valence-corrected chi connectivity index (χ1v) is 7.81. The van der Waals surface area contributed by atoms with Gasteiger partial charge in [-0.2, -0.15) is 18.4 Å². The van der Waals surface area contributed by atoms with Crippen molar-refractivity contribution in [3.8, 4) is 6.07 Å². The molecule has 2 aromatic rings. The van der Waals surface area contributed by atoms with Gasteiger partial charge in [-0.05, 0) is 19.8 Å². The molecule has 0 spiro atoms. The first kappa shape index (κ1) is 16.9. The number of pyridine rings is 1. The maximum atomic E-state index is 13.4. The van der Waals surface area contributed by atoms with Crippen LogP contribution < -0.4 is 10.6 Å². The summed E-state index contributed by atoms with van der Waals surface area (Å²) >= 11 is 6.11. The molecule has 1 saturated heterocycles. The van der Waals surface area contributed by atoms with E-state index in [-0.39, 0.29) is 22.3 Å². The number of aryl methyl sites for hydroxylation is 1. The molecule has 9 heteroatoms. The lowest BCUT2D eigenvalue weighted by Gasteiger charge is -2.33. The Bertz CT molecular complexity index is 828. The second kappa shape index (κ2) is 5.83. The first-order chi connectivity index (χ1) is 11.2. The minimum atomic E-state index is -4.74. The first-order valence-electron chi connectivity index (χ1n) is 7.43. The van der Waals surface area contributed by atoms with Crippen LogP contribution in [0.15, 0.2) is 0 Å². The Hall–Kier alpha value is -1.98. The van der Waals surface area contributed by atoms with Crippen LogP contribution in [-0.2, 0) is 6.18 Å². The lowest BCUT2D eigenvalue weighted by molar-refractivity contribution is -0.141. The van der Waals surface area contributed by atoms with Crippen molar-refractivity contribution in [1.82, 2.24) is 9.97 Å². The van der Waals surface area contributed by atoms with E-state index in [9.17, 15) is 18.4 Å². The van der Waals surface area contributed by atoms with E-state index in [2.05, 4.69) is 9.97 Å². The van der Waals surface area contributed by atoms with Gasteiger partial charge in [0.1, 0.15) is 17.1 Å². The maximum absolute atomic E-state index is 13.4. The van der Waals surface area contributed by atoms with Crippen LogP contribution >= 0.6 is 11.6 Å². The lowest BCUT2D eigenvalue weighted by Crippen LogP contribution is -2.40. The highest BCUT2D eigenvalue weighted by Crippen LogP contribution is 2.41. The molecule has 1 fully saturated rings. The number of fused-ring (bicyclic) bond motifs is 1. The smallest absolute Gasteiger partial charge is 0.369 e. The highest BCUT2D eigenvalue weighted by molar-refractivity contribution is 6.36. The topological polar surface area (TPSA) is 81.7 Å². The molecule has 0 bridgehead atoms. The summed E-state index contributed by atoms with van der Waals surface area (Å²) in [6, 6.07) is 1.70. The number of alkyl halides is 3. The summed E-state index contributed by atoms with van der Waals surface area (Å²) in [6.45, 7) is 2.60. The van der Waals surface area contributed by atoms with Gasteiger partial charge in [-0.25, -0.2) is 4.98 Å². The molecule has 0 aliphatic carbocycles. The summed E-state index contributed by atoms with van der Waals surface area (Å²) < 4.78 is 40.2. The zero-order chi connectivity index (χ0) is 17.6. The zero-order valence-electron chi connectivity index (χ0n) is 12.8. The van der Waals surface area contributed by atoms with Gasteiger partial charge in [-0.15, -0.1) is 0 Å². The van der Waals surface area contributed by atoms with Crippen molar-refractivity contribution < 1.29 is 13.2 Å². The van der Waals surface area contributed by atoms with Gasteiger partial charge in [0.25, 0.3) is 0 Å². The van der Waals surface area contributed by atoms with Crippen LogP contribution in [0.5, 0.6) is 0 Å². The van der Waals surface area contributed by atoms with E-state index in [1.807, 2.05) is 0 Å². The minimum Gasteiger partial charge on any atom is -0.369 e. The van der Waals surface area contributed by atoms with E-state index in [1.165, 1.54) is 0 Å². The molecule has 0 radical (unpaired) electrons. The van der Waals surface area contributed by atoms with Crippen LogP contribution in [0.3, 0.4) is 0 Å². The van der Waals surface area contributed by atoms with Gasteiger partial charge in [0.05, 0.1) is 16.2 Å². The number of nitrogens with two attached hydrogens (primary N) is 1. The number of aromatic nitrogens is 2. The van der Waals surface area contributed by atoms with Crippen LogP contribution in [0.25, 0.3) is 11.0 Å². The number of nitrogens with zero attached hydrogens (tertiary/aromatic N) is 3. The monoisotopic (exact) mass is 357 g/mol. The summed E-state index contributed by atoms with van der Waals surface area (Å²) in [4.78, 5) is 8.37. The summed E-state index contributed by atoms with van der Waals surface area (Å²) in [5.41, 5.74) is 5.29. The van der Waals surface area contributed by atoms with Crippen LogP contribution in [0, 0.1) is 18.3 Å². The Balaban J connectivity index is 2.32. The van der Waals surface area contributed by atoms with Gasteiger partial charge in [0, 0.05) is 24.8 Å². The second-order valence-corrected chi connectivity index (χ2v) is 6.28. The van der Waals surface area contributed by atoms with Crippen molar-refractivity contribution in [3.63, 3.8) is 0 Å². The van der Waals surface area contributed by atoms with Gasteiger partial charge in [0.15, 0.2) is 5.69 Å². The Labute approximate surface area is 141 Å². The Morgan fingerprint density at radius 1 is 1.38 bits per heavy atom. The van der Waals surface area contributed by atoms with Crippen LogP contribution in [0.4, 0.5) is 18.9 Å². The van der Waals surface area contributed by atoms with Gasteiger partial charge in [-0.3, -0.25) is 0 Å². The van der Waals surface area contributed by atoms with E-state index in [4.69, 9.17) is 17.3 Å². The number of hydrogen-bond donors (Lipinski definition) is 2. The zero-order valence-corrected chi connectivity index (χ0v) is 13.6. The average Bonchev–Trinajstić information content (AvgIpc) is 2.80. The fraction of sp³-hybridized carbons (Fsp3) is 0.467. The summed E-state index contributed by atoms with van der Waals surface area (Å²) in [5.74, 6) is 0. The molecule has 5 nitrogen and oxygen atoms in total. The van der Waals surface area contributed by atoms with Crippen molar-refractivity contribution in [3.05, 3.63) is 22.0 Å². The third-order valence-electron chi connectivity index (χ3n) is 4.26. The summed E-state index contributed by atoms with van der Waals surface area (Å²) in [5, 5.41) is 9.53. The summed E-state index contributed by atoms with van der Waals surface area (Å²) in [7, 11) is 0. The number of halogens is 4. The second-order valence-electron chi connectivity index (χ2n) is 5.91. The van der Waals surface area contributed by atoms with E-state index in [0.717, 1.165) is 0 Å². The largest absolute Gasteiger partial charge is 0.434 e. The van der Waals surface area contributed by atoms with Crippen molar-refractivity contribution >= 4 is 28.3 Å². The maximum Gasteiger partial charge on any atom is 0.434 e. The van der Waals surface area contributed by atoms with Crippen molar-refractivity contribution in [2.24, 2.45) is 5.73 Å². The van der Waals surface area contributed by atoms with Crippen LogP contribution in [0.2, 0.25) is 5.02 Å². The third kappa shape index (κ3) is 2.68.